The van der Waals surface area contributed by atoms with Crippen molar-refractivity contribution in [2.75, 3.05) is 18.2 Å². The van der Waals surface area contributed by atoms with Crippen molar-refractivity contribution in [2.24, 2.45) is 0 Å². The second-order valence-electron chi connectivity index (χ2n) is 4.39. The normalized spacial score (nSPS) is 11.5. The van der Waals surface area contributed by atoms with Crippen molar-refractivity contribution in [3.05, 3.63) is 0 Å². The van der Waals surface area contributed by atoms with E-state index in [4.69, 9.17) is 4.74 Å². The minimum Gasteiger partial charge on any atom is -0.459 e. The largest absolute Gasteiger partial charge is 0.459 e. The van der Waals surface area contributed by atoms with Crippen molar-refractivity contribution >= 4 is 17.7 Å². The molecule has 90 valence electrons. The van der Waals surface area contributed by atoms with Crippen LogP contribution in [0.1, 0.15) is 40.0 Å². The van der Waals surface area contributed by atoms with Gasteiger partial charge in [-0.2, -0.15) is 11.8 Å². The average molecular weight is 236 g/mol. The quantitative estimate of drug-likeness (QED) is 0.501. The summed E-state index contributed by atoms with van der Waals surface area (Å²) >= 11 is 1.56. The van der Waals surface area contributed by atoms with Crippen molar-refractivity contribution in [1.82, 2.24) is 0 Å². The Labute approximate surface area is 96.0 Å². The molecule has 2 nitrogen and oxygen atoms in total. The number of hydrogen-bond donors (Lipinski definition) is 0. The standard InChI is InChI=1S/C11H21FO2S/c1-11(2,3)14-10(13)9-15-8-6-4-5-7-12/h4-9H2,1-3H3. The molecular weight excluding hydrogens is 215 g/mol. The summed E-state index contributed by atoms with van der Waals surface area (Å²) in [4.78, 5) is 11.2. The van der Waals surface area contributed by atoms with Crippen LogP contribution in [0.15, 0.2) is 0 Å². The summed E-state index contributed by atoms with van der Waals surface area (Å²) in [5.41, 5.74) is -0.397. The maximum Gasteiger partial charge on any atom is 0.316 e. The molecular formula is C11H21FO2S. The van der Waals surface area contributed by atoms with Crippen LogP contribution in [0.3, 0.4) is 0 Å². The summed E-state index contributed by atoms with van der Waals surface area (Å²) in [6, 6.07) is 0. The third kappa shape index (κ3) is 11.7. The molecule has 0 aromatic heterocycles. The van der Waals surface area contributed by atoms with Crippen LogP contribution < -0.4 is 0 Å². The van der Waals surface area contributed by atoms with Crippen LogP contribution in [-0.4, -0.2) is 29.8 Å². The molecule has 0 rings (SSSR count). The van der Waals surface area contributed by atoms with Gasteiger partial charge < -0.3 is 4.74 Å². The van der Waals surface area contributed by atoms with Gasteiger partial charge in [-0.25, -0.2) is 0 Å². The van der Waals surface area contributed by atoms with Gasteiger partial charge in [0.2, 0.25) is 0 Å². The fraction of sp³-hybridized carbons (Fsp3) is 0.909. The lowest BCUT2D eigenvalue weighted by Crippen LogP contribution is -2.25. The van der Waals surface area contributed by atoms with Gasteiger partial charge in [-0.15, -0.1) is 0 Å². The third-order valence-electron chi connectivity index (χ3n) is 1.56. The van der Waals surface area contributed by atoms with E-state index in [1.165, 1.54) is 0 Å². The van der Waals surface area contributed by atoms with Gasteiger partial charge in [0.15, 0.2) is 0 Å². The van der Waals surface area contributed by atoms with Gasteiger partial charge in [0, 0.05) is 0 Å². The number of unbranched alkanes of at least 4 members (excludes halogenated alkanes) is 2. The van der Waals surface area contributed by atoms with Crippen LogP contribution in [0.2, 0.25) is 0 Å². The Morgan fingerprint density at radius 2 is 1.93 bits per heavy atom. The molecule has 0 saturated heterocycles. The van der Waals surface area contributed by atoms with Crippen molar-refractivity contribution < 1.29 is 13.9 Å². The lowest BCUT2D eigenvalue weighted by atomic mass is 10.2. The Morgan fingerprint density at radius 3 is 2.47 bits per heavy atom. The van der Waals surface area contributed by atoms with Crippen LogP contribution in [0.4, 0.5) is 4.39 Å². The molecule has 0 saturated carbocycles. The van der Waals surface area contributed by atoms with Gasteiger partial charge in [0.25, 0.3) is 0 Å². The number of rotatable bonds is 7. The third-order valence-corrected chi connectivity index (χ3v) is 2.58. The van der Waals surface area contributed by atoms with Crippen molar-refractivity contribution in [3.63, 3.8) is 0 Å². The number of carbonyl (C=O) groups is 1. The second kappa shape index (κ2) is 7.97. The van der Waals surface area contributed by atoms with Crippen LogP contribution in [0.5, 0.6) is 0 Å². The summed E-state index contributed by atoms with van der Waals surface area (Å²) in [5.74, 6) is 1.13. The van der Waals surface area contributed by atoms with Gasteiger partial charge in [0.1, 0.15) is 5.60 Å². The maximum absolute atomic E-state index is 11.7. The number of halogens is 1. The van der Waals surface area contributed by atoms with E-state index in [-0.39, 0.29) is 12.6 Å². The van der Waals surface area contributed by atoms with Crippen molar-refractivity contribution in [2.45, 2.75) is 45.6 Å². The predicted octanol–water partition coefficient (Wildman–Crippen LogP) is 3.20. The molecule has 0 aliphatic heterocycles. The van der Waals surface area contributed by atoms with E-state index in [9.17, 15) is 9.18 Å². The number of ether oxygens (including phenoxy) is 1. The fourth-order valence-corrected chi connectivity index (χ4v) is 1.78. The molecule has 0 amide bonds. The van der Waals surface area contributed by atoms with E-state index in [2.05, 4.69) is 0 Å². The lowest BCUT2D eigenvalue weighted by molar-refractivity contribution is -0.151. The predicted molar refractivity (Wildman–Crippen MR) is 63.0 cm³/mol. The second-order valence-corrected chi connectivity index (χ2v) is 5.49. The highest BCUT2D eigenvalue weighted by molar-refractivity contribution is 7.99. The summed E-state index contributed by atoms with van der Waals surface area (Å²) in [6.45, 7) is 5.33. The Bertz CT molecular complexity index is 178. The molecule has 0 aromatic rings. The maximum atomic E-state index is 11.7. The highest BCUT2D eigenvalue weighted by Gasteiger charge is 2.15. The van der Waals surface area contributed by atoms with Crippen molar-refractivity contribution in [1.29, 1.82) is 0 Å². The molecule has 0 aliphatic rings. The van der Waals surface area contributed by atoms with Gasteiger partial charge in [-0.3, -0.25) is 9.18 Å². The molecule has 0 bridgehead atoms. The van der Waals surface area contributed by atoms with E-state index < -0.39 is 5.60 Å². The van der Waals surface area contributed by atoms with Crippen LogP contribution in [-0.2, 0) is 9.53 Å². The highest BCUT2D eigenvalue weighted by atomic mass is 32.2. The summed E-state index contributed by atoms with van der Waals surface area (Å²) in [5, 5.41) is 0. The molecule has 0 unspecified atom stereocenters. The lowest BCUT2D eigenvalue weighted by Gasteiger charge is -2.19. The fourth-order valence-electron chi connectivity index (χ4n) is 1.00. The summed E-state index contributed by atoms with van der Waals surface area (Å²) in [6.07, 6.45) is 2.50. The molecule has 0 spiro atoms. The van der Waals surface area contributed by atoms with E-state index in [1.54, 1.807) is 11.8 Å². The zero-order chi connectivity index (χ0) is 11.7. The average Bonchev–Trinajstić information content (AvgIpc) is 2.08. The van der Waals surface area contributed by atoms with Crippen molar-refractivity contribution in [3.8, 4) is 0 Å². The number of esters is 1. The minimum absolute atomic E-state index is 0.169. The Hall–Kier alpha value is -0.250. The Kier molecular flexibility index (Phi) is 7.83. The molecule has 0 aromatic carbocycles. The van der Waals surface area contributed by atoms with E-state index in [1.807, 2.05) is 20.8 Å². The van der Waals surface area contributed by atoms with Crippen LogP contribution >= 0.6 is 11.8 Å². The van der Waals surface area contributed by atoms with Gasteiger partial charge >= 0.3 is 5.97 Å². The summed E-state index contributed by atoms with van der Waals surface area (Å²) in [7, 11) is 0. The zero-order valence-electron chi connectivity index (χ0n) is 9.85. The molecule has 0 radical (unpaired) electrons. The Morgan fingerprint density at radius 1 is 1.27 bits per heavy atom. The van der Waals surface area contributed by atoms with E-state index in [0.29, 0.717) is 12.2 Å². The number of carbonyl (C=O) groups excluding carboxylic acids is 1. The number of alkyl halides is 1. The smallest absolute Gasteiger partial charge is 0.316 e. The minimum atomic E-state index is -0.397. The van der Waals surface area contributed by atoms with Crippen LogP contribution in [0.25, 0.3) is 0 Å². The number of thioether (sulfide) groups is 1. The highest BCUT2D eigenvalue weighted by Crippen LogP contribution is 2.11. The molecule has 0 fully saturated rings. The zero-order valence-corrected chi connectivity index (χ0v) is 10.7. The first kappa shape index (κ1) is 14.8. The van der Waals surface area contributed by atoms with Crippen LogP contribution in [0, 0.1) is 0 Å². The van der Waals surface area contributed by atoms with Gasteiger partial charge in [-0.05, 0) is 39.4 Å². The topological polar surface area (TPSA) is 26.3 Å². The van der Waals surface area contributed by atoms with Gasteiger partial charge in [-0.1, -0.05) is 6.42 Å². The molecule has 4 heteroatoms. The molecule has 0 aliphatic carbocycles. The Balaban J connectivity index is 3.32. The molecule has 15 heavy (non-hydrogen) atoms. The molecule has 0 atom stereocenters. The van der Waals surface area contributed by atoms with Gasteiger partial charge in [0.05, 0.1) is 12.4 Å². The first-order valence-corrected chi connectivity index (χ1v) is 6.47. The van der Waals surface area contributed by atoms with E-state index in [0.717, 1.165) is 18.6 Å². The SMILES string of the molecule is CC(C)(C)OC(=O)CSCCCCCF. The number of hydrogen-bond acceptors (Lipinski definition) is 3. The summed E-state index contributed by atoms with van der Waals surface area (Å²) < 4.78 is 16.9. The monoisotopic (exact) mass is 236 g/mol. The molecule has 0 heterocycles. The first-order chi connectivity index (χ1) is 6.95. The van der Waals surface area contributed by atoms with E-state index >= 15 is 0 Å². The first-order valence-electron chi connectivity index (χ1n) is 5.31. The molecule has 0 N–H and O–H groups in total.